The highest BCUT2D eigenvalue weighted by Gasteiger charge is 2.36. The molecule has 0 atom stereocenters. The second-order valence-corrected chi connectivity index (χ2v) is 8.46. The lowest BCUT2D eigenvalue weighted by Crippen LogP contribution is -2.44. The molecule has 1 aliphatic rings. The van der Waals surface area contributed by atoms with E-state index in [1.54, 1.807) is 0 Å². The Morgan fingerprint density at radius 3 is 2.21 bits per heavy atom. The Kier molecular flexibility index (Phi) is 5.71. The maximum atomic E-state index is 11.0. The Hall–Kier alpha value is -1.39. The van der Waals surface area contributed by atoms with Gasteiger partial charge in [0, 0.05) is 13.1 Å². The minimum absolute atomic E-state index is 0.155. The Morgan fingerprint density at radius 1 is 1.21 bits per heavy atom. The maximum absolute atomic E-state index is 11.0. The van der Waals surface area contributed by atoms with Crippen molar-refractivity contribution in [2.24, 2.45) is 5.92 Å². The van der Waals surface area contributed by atoms with Gasteiger partial charge >= 0.3 is 5.97 Å². The molecule has 0 aliphatic heterocycles. The van der Waals surface area contributed by atoms with E-state index in [2.05, 4.69) is 49.9 Å². The van der Waals surface area contributed by atoms with Gasteiger partial charge in [-0.2, -0.15) is 0 Å². The topological polar surface area (TPSA) is 60.8 Å². The zero-order valence-corrected chi connectivity index (χ0v) is 15.4. The second kappa shape index (κ2) is 7.24. The minimum atomic E-state index is -0.758. The number of carboxylic acids is 1. The largest absolute Gasteiger partial charge is 0.481 e. The van der Waals surface area contributed by atoms with Crippen LogP contribution in [0.25, 0.3) is 0 Å². The molecule has 1 fully saturated rings. The molecule has 0 bridgehead atoms. The van der Waals surface area contributed by atoms with Crippen LogP contribution in [0.2, 0.25) is 0 Å². The summed E-state index contributed by atoms with van der Waals surface area (Å²) >= 11 is 0. The second-order valence-electron chi connectivity index (χ2n) is 8.46. The number of carboxylic acid groups (broad SMARTS) is 1. The predicted molar refractivity (Wildman–Crippen MR) is 96.0 cm³/mol. The van der Waals surface area contributed by atoms with Gasteiger partial charge in [-0.1, -0.05) is 45.0 Å². The Labute approximate surface area is 145 Å². The van der Waals surface area contributed by atoms with E-state index >= 15 is 0 Å². The molecule has 24 heavy (non-hydrogen) atoms. The third kappa shape index (κ3) is 5.05. The van der Waals surface area contributed by atoms with Crippen molar-refractivity contribution in [3.05, 3.63) is 35.4 Å². The van der Waals surface area contributed by atoms with Crippen LogP contribution in [0.1, 0.15) is 57.6 Å². The summed E-state index contributed by atoms with van der Waals surface area (Å²) in [7, 11) is 2.01. The van der Waals surface area contributed by atoms with Crippen molar-refractivity contribution in [2.75, 3.05) is 13.6 Å². The molecule has 0 aromatic heterocycles. The van der Waals surface area contributed by atoms with Crippen molar-refractivity contribution >= 4 is 5.97 Å². The summed E-state index contributed by atoms with van der Waals surface area (Å²) in [6.07, 6.45) is 2.27. The average Bonchev–Trinajstić information content (AvgIpc) is 2.46. The summed E-state index contributed by atoms with van der Waals surface area (Å²) < 4.78 is 0. The van der Waals surface area contributed by atoms with E-state index in [9.17, 15) is 9.90 Å². The van der Waals surface area contributed by atoms with Gasteiger partial charge in [0.1, 0.15) is 0 Å². The van der Waals surface area contributed by atoms with E-state index in [1.807, 2.05) is 7.05 Å². The normalized spacial score (nSPS) is 25.0. The molecule has 0 heterocycles. The number of carbonyl (C=O) groups is 1. The fraction of sp³-hybridized carbons (Fsp3) is 0.650. The quantitative estimate of drug-likeness (QED) is 0.867. The van der Waals surface area contributed by atoms with Gasteiger partial charge in [0.2, 0.25) is 0 Å². The fourth-order valence-corrected chi connectivity index (χ4v) is 3.54. The fourth-order valence-electron chi connectivity index (χ4n) is 3.54. The lowest BCUT2D eigenvalue weighted by atomic mass is 9.78. The standard InChI is InChI=1S/C20H31NO3/c1-19(2,3)17-7-5-15(6-8-17)13-21(4)14-20(24)11-9-16(10-12-20)18(22)23/h5-8,16,24H,9-14H2,1-4H3,(H,22,23). The zero-order valence-electron chi connectivity index (χ0n) is 15.4. The molecule has 4 nitrogen and oxygen atoms in total. The average molecular weight is 333 g/mol. The first-order chi connectivity index (χ1) is 11.1. The molecule has 0 spiro atoms. The van der Waals surface area contributed by atoms with Crippen LogP contribution in [0, 0.1) is 5.92 Å². The molecule has 1 aromatic carbocycles. The summed E-state index contributed by atoms with van der Waals surface area (Å²) in [5, 5.41) is 19.8. The lowest BCUT2D eigenvalue weighted by Gasteiger charge is -2.37. The first-order valence-corrected chi connectivity index (χ1v) is 8.82. The number of aliphatic hydroxyl groups is 1. The molecule has 134 valence electrons. The summed E-state index contributed by atoms with van der Waals surface area (Å²) in [6, 6.07) is 8.66. The van der Waals surface area contributed by atoms with Crippen molar-refractivity contribution < 1.29 is 15.0 Å². The van der Waals surface area contributed by atoms with E-state index < -0.39 is 11.6 Å². The molecule has 0 amide bonds. The molecule has 4 heteroatoms. The molecule has 2 N–H and O–H groups in total. The van der Waals surface area contributed by atoms with Crippen LogP contribution in [0.5, 0.6) is 0 Å². The van der Waals surface area contributed by atoms with Gasteiger partial charge in [-0.3, -0.25) is 9.69 Å². The van der Waals surface area contributed by atoms with Gasteiger partial charge < -0.3 is 10.2 Å². The molecular weight excluding hydrogens is 302 g/mol. The molecule has 1 saturated carbocycles. The van der Waals surface area contributed by atoms with Crippen LogP contribution in [-0.4, -0.2) is 40.3 Å². The Morgan fingerprint density at radius 2 is 1.75 bits per heavy atom. The van der Waals surface area contributed by atoms with E-state index in [0.29, 0.717) is 32.2 Å². The molecule has 0 radical (unpaired) electrons. The molecule has 0 unspecified atom stereocenters. The highest BCUT2D eigenvalue weighted by molar-refractivity contribution is 5.70. The van der Waals surface area contributed by atoms with E-state index in [4.69, 9.17) is 5.11 Å². The molecule has 0 saturated heterocycles. The first kappa shape index (κ1) is 18.9. The van der Waals surface area contributed by atoms with Gasteiger partial charge in [0.15, 0.2) is 0 Å². The van der Waals surface area contributed by atoms with E-state index in [1.165, 1.54) is 11.1 Å². The van der Waals surface area contributed by atoms with Gasteiger partial charge in [0.25, 0.3) is 0 Å². The first-order valence-electron chi connectivity index (χ1n) is 8.82. The third-order valence-electron chi connectivity index (χ3n) is 5.10. The van der Waals surface area contributed by atoms with Crippen LogP contribution < -0.4 is 0 Å². The maximum Gasteiger partial charge on any atom is 0.306 e. The van der Waals surface area contributed by atoms with Crippen LogP contribution in [0.15, 0.2) is 24.3 Å². The molecule has 2 rings (SSSR count). The van der Waals surface area contributed by atoms with Crippen molar-refractivity contribution in [1.82, 2.24) is 4.90 Å². The molecular formula is C20H31NO3. The number of hydrogen-bond donors (Lipinski definition) is 2. The third-order valence-corrected chi connectivity index (χ3v) is 5.10. The number of benzene rings is 1. The van der Waals surface area contributed by atoms with E-state index in [0.717, 1.165) is 6.54 Å². The number of likely N-dealkylation sites (N-methyl/N-ethyl adjacent to an activating group) is 1. The van der Waals surface area contributed by atoms with Crippen molar-refractivity contribution in [2.45, 2.75) is 64.0 Å². The number of nitrogens with zero attached hydrogens (tertiary/aromatic N) is 1. The van der Waals surface area contributed by atoms with E-state index in [-0.39, 0.29) is 11.3 Å². The number of rotatable bonds is 5. The highest BCUT2D eigenvalue weighted by atomic mass is 16.4. The predicted octanol–water partition coefficient (Wildman–Crippen LogP) is 3.42. The van der Waals surface area contributed by atoms with Crippen molar-refractivity contribution in [3.63, 3.8) is 0 Å². The van der Waals surface area contributed by atoms with Gasteiger partial charge in [-0.05, 0) is 49.3 Å². The number of aliphatic carboxylic acids is 1. The smallest absolute Gasteiger partial charge is 0.306 e. The minimum Gasteiger partial charge on any atom is -0.481 e. The summed E-state index contributed by atoms with van der Waals surface area (Å²) in [5.74, 6) is -1.02. The Balaban J connectivity index is 1.89. The Bertz CT molecular complexity index is 551. The zero-order chi connectivity index (χ0) is 18.0. The van der Waals surface area contributed by atoms with Crippen molar-refractivity contribution in [3.8, 4) is 0 Å². The van der Waals surface area contributed by atoms with Gasteiger partial charge in [-0.15, -0.1) is 0 Å². The summed E-state index contributed by atoms with van der Waals surface area (Å²) in [6.45, 7) is 7.99. The lowest BCUT2D eigenvalue weighted by molar-refractivity contribution is -0.145. The van der Waals surface area contributed by atoms with Crippen LogP contribution >= 0.6 is 0 Å². The van der Waals surface area contributed by atoms with Crippen molar-refractivity contribution in [1.29, 1.82) is 0 Å². The SMILES string of the molecule is CN(Cc1ccc(C(C)(C)C)cc1)CC1(O)CCC(C(=O)O)CC1. The number of hydrogen-bond acceptors (Lipinski definition) is 3. The van der Waals surface area contributed by atoms with Gasteiger partial charge in [0.05, 0.1) is 11.5 Å². The van der Waals surface area contributed by atoms with Crippen LogP contribution in [0.3, 0.4) is 0 Å². The summed E-state index contributed by atoms with van der Waals surface area (Å²) in [4.78, 5) is 13.2. The molecule has 1 aliphatic carbocycles. The van der Waals surface area contributed by atoms with Gasteiger partial charge in [-0.25, -0.2) is 0 Å². The summed E-state index contributed by atoms with van der Waals surface area (Å²) in [5.41, 5.74) is 1.95. The monoisotopic (exact) mass is 333 g/mol. The van der Waals surface area contributed by atoms with Crippen LogP contribution in [0.4, 0.5) is 0 Å². The molecule has 1 aromatic rings. The van der Waals surface area contributed by atoms with Crippen LogP contribution in [-0.2, 0) is 16.8 Å². The highest BCUT2D eigenvalue weighted by Crippen LogP contribution is 2.33.